The zero-order valence-electron chi connectivity index (χ0n) is 9.52. The smallest absolute Gasteiger partial charge is 0.139 e. The molecule has 0 aliphatic rings. The van der Waals surface area contributed by atoms with Crippen LogP contribution >= 0.6 is 11.6 Å². The van der Waals surface area contributed by atoms with Crippen molar-refractivity contribution in [2.75, 3.05) is 0 Å². The summed E-state index contributed by atoms with van der Waals surface area (Å²) in [7, 11) is 0. The summed E-state index contributed by atoms with van der Waals surface area (Å²) < 4.78 is 0. The maximum atomic E-state index is 6.13. The number of hydrogen-bond donors (Lipinski definition) is 1. The molecule has 2 aromatic carbocycles. The van der Waals surface area contributed by atoms with Crippen LogP contribution in [0.3, 0.4) is 0 Å². The van der Waals surface area contributed by atoms with E-state index in [1.165, 1.54) is 0 Å². The molecule has 0 aliphatic carbocycles. The molecular weight excluding hydrogens is 244 g/mol. The molecule has 87 valence electrons. The number of imidazole rings is 1. The Hall–Kier alpha value is -2.06. The molecule has 1 radical (unpaired) electrons. The van der Waals surface area contributed by atoms with Gasteiger partial charge in [0.1, 0.15) is 5.82 Å². The lowest BCUT2D eigenvalue weighted by molar-refractivity contribution is 1.31. The van der Waals surface area contributed by atoms with Crippen molar-refractivity contribution in [2.24, 2.45) is 0 Å². The fourth-order valence-electron chi connectivity index (χ4n) is 1.82. The van der Waals surface area contributed by atoms with Crippen LogP contribution in [0, 0.1) is 6.07 Å². The molecule has 0 saturated heterocycles. The highest BCUT2D eigenvalue weighted by molar-refractivity contribution is 6.33. The molecule has 0 spiro atoms. The lowest BCUT2D eigenvalue weighted by atomic mass is 10.2. The van der Waals surface area contributed by atoms with E-state index >= 15 is 0 Å². The van der Waals surface area contributed by atoms with E-state index in [0.717, 1.165) is 22.6 Å². The second-order valence-electron chi connectivity index (χ2n) is 3.92. The average molecular weight is 254 g/mol. The number of nitrogens with one attached hydrogen (secondary N) is 1. The zero-order valence-corrected chi connectivity index (χ0v) is 10.3. The molecule has 0 aliphatic heterocycles. The van der Waals surface area contributed by atoms with Crippen molar-refractivity contribution >= 4 is 11.6 Å². The van der Waals surface area contributed by atoms with Crippen molar-refractivity contribution < 1.29 is 0 Å². The Bertz CT molecular complexity index is 659. The van der Waals surface area contributed by atoms with Crippen LogP contribution in [-0.2, 0) is 0 Å². The van der Waals surface area contributed by atoms with Gasteiger partial charge >= 0.3 is 0 Å². The molecule has 0 saturated carbocycles. The van der Waals surface area contributed by atoms with E-state index in [2.05, 4.69) is 16.0 Å². The summed E-state index contributed by atoms with van der Waals surface area (Å²) in [6.45, 7) is 0. The van der Waals surface area contributed by atoms with Crippen molar-refractivity contribution in [2.45, 2.75) is 0 Å². The predicted octanol–water partition coefficient (Wildman–Crippen LogP) is 4.20. The zero-order chi connectivity index (χ0) is 12.4. The molecule has 1 aromatic heterocycles. The molecule has 3 aromatic rings. The molecule has 3 rings (SSSR count). The van der Waals surface area contributed by atoms with Crippen molar-refractivity contribution in [1.29, 1.82) is 0 Å². The van der Waals surface area contributed by atoms with Gasteiger partial charge in [-0.3, -0.25) is 0 Å². The number of halogens is 1. The van der Waals surface area contributed by atoms with Crippen LogP contribution in [0.15, 0.2) is 54.7 Å². The molecule has 0 fully saturated rings. The third-order valence-electron chi connectivity index (χ3n) is 2.73. The monoisotopic (exact) mass is 253 g/mol. The Morgan fingerprint density at radius 3 is 2.72 bits per heavy atom. The number of nitrogens with zero attached hydrogens (tertiary/aromatic N) is 1. The van der Waals surface area contributed by atoms with E-state index in [-0.39, 0.29) is 0 Å². The quantitative estimate of drug-likeness (QED) is 0.729. The fraction of sp³-hybridized carbons (Fsp3) is 0. The first-order valence-corrected chi connectivity index (χ1v) is 5.99. The Morgan fingerprint density at radius 2 is 1.94 bits per heavy atom. The number of H-pyrrole nitrogens is 1. The van der Waals surface area contributed by atoms with E-state index in [1.807, 2.05) is 48.7 Å². The summed E-state index contributed by atoms with van der Waals surface area (Å²) in [4.78, 5) is 7.63. The highest BCUT2D eigenvalue weighted by Gasteiger charge is 2.07. The molecule has 2 nitrogen and oxygen atoms in total. The van der Waals surface area contributed by atoms with Gasteiger partial charge in [-0.2, -0.15) is 0 Å². The Balaban J connectivity index is 2.03. The number of benzene rings is 2. The molecule has 0 atom stereocenters. The average Bonchev–Trinajstić information content (AvgIpc) is 2.90. The van der Waals surface area contributed by atoms with Crippen LogP contribution in [0.5, 0.6) is 0 Å². The summed E-state index contributed by atoms with van der Waals surface area (Å²) in [5.41, 5.74) is 2.94. The highest BCUT2D eigenvalue weighted by atomic mass is 35.5. The molecule has 0 unspecified atom stereocenters. The lowest BCUT2D eigenvalue weighted by Gasteiger charge is -1.99. The number of aromatic amines is 1. The minimum Gasteiger partial charge on any atom is -0.338 e. The van der Waals surface area contributed by atoms with Crippen molar-refractivity contribution in [1.82, 2.24) is 9.97 Å². The van der Waals surface area contributed by atoms with Crippen LogP contribution in [0.25, 0.3) is 22.6 Å². The molecule has 0 bridgehead atoms. The van der Waals surface area contributed by atoms with Crippen LogP contribution in [0.1, 0.15) is 0 Å². The van der Waals surface area contributed by atoms with Gasteiger partial charge in [-0.25, -0.2) is 4.98 Å². The molecule has 1 heterocycles. The molecule has 0 amide bonds. The maximum absolute atomic E-state index is 6.13. The lowest BCUT2D eigenvalue weighted by Crippen LogP contribution is -1.82. The number of rotatable bonds is 2. The summed E-state index contributed by atoms with van der Waals surface area (Å²) >= 11 is 6.13. The topological polar surface area (TPSA) is 28.7 Å². The minimum atomic E-state index is 0.669. The summed E-state index contributed by atoms with van der Waals surface area (Å²) in [5.74, 6) is 0.760. The van der Waals surface area contributed by atoms with Crippen LogP contribution in [-0.4, -0.2) is 9.97 Å². The SMILES string of the molecule is Clc1cc[c]cc1-c1ncc(-c2ccccc2)[nH]1. The van der Waals surface area contributed by atoms with Gasteiger partial charge in [0.05, 0.1) is 16.9 Å². The molecule has 3 heteroatoms. The first kappa shape index (κ1) is 11.1. The largest absolute Gasteiger partial charge is 0.338 e. The second kappa shape index (κ2) is 4.67. The van der Waals surface area contributed by atoms with Crippen molar-refractivity contribution in [3.63, 3.8) is 0 Å². The van der Waals surface area contributed by atoms with Gasteiger partial charge in [-0.1, -0.05) is 48.0 Å². The number of aromatic nitrogens is 2. The summed E-state index contributed by atoms with van der Waals surface area (Å²) in [5, 5.41) is 0.669. The second-order valence-corrected chi connectivity index (χ2v) is 4.32. The Morgan fingerprint density at radius 1 is 1.11 bits per heavy atom. The first-order chi connectivity index (χ1) is 8.84. The van der Waals surface area contributed by atoms with E-state index in [9.17, 15) is 0 Å². The highest BCUT2D eigenvalue weighted by Crippen LogP contribution is 2.27. The third-order valence-corrected chi connectivity index (χ3v) is 3.06. The van der Waals surface area contributed by atoms with Gasteiger partial charge < -0.3 is 4.98 Å². The summed E-state index contributed by atoms with van der Waals surface area (Å²) in [6, 6.07) is 18.5. The number of hydrogen-bond acceptors (Lipinski definition) is 1. The van der Waals surface area contributed by atoms with Crippen LogP contribution < -0.4 is 0 Å². The maximum Gasteiger partial charge on any atom is 0.139 e. The van der Waals surface area contributed by atoms with E-state index in [1.54, 1.807) is 6.07 Å². The Kier molecular flexibility index (Phi) is 2.87. The van der Waals surface area contributed by atoms with Crippen molar-refractivity contribution in [3.05, 3.63) is 65.8 Å². The standard InChI is InChI=1S/C15H10ClN2/c16-13-9-5-4-8-12(13)15-17-10-14(18-15)11-6-2-1-3-7-11/h1-3,5-10H,(H,17,18). The summed E-state index contributed by atoms with van der Waals surface area (Å²) in [6.07, 6.45) is 1.81. The minimum absolute atomic E-state index is 0.669. The fourth-order valence-corrected chi connectivity index (χ4v) is 2.02. The van der Waals surface area contributed by atoms with E-state index in [0.29, 0.717) is 5.02 Å². The first-order valence-electron chi connectivity index (χ1n) is 5.61. The van der Waals surface area contributed by atoms with Gasteiger partial charge in [-0.05, 0) is 23.8 Å². The third kappa shape index (κ3) is 2.03. The van der Waals surface area contributed by atoms with Gasteiger partial charge in [0.2, 0.25) is 0 Å². The normalized spacial score (nSPS) is 10.5. The van der Waals surface area contributed by atoms with E-state index in [4.69, 9.17) is 11.6 Å². The predicted molar refractivity (Wildman–Crippen MR) is 73.3 cm³/mol. The molecule has 1 N–H and O–H groups in total. The van der Waals surface area contributed by atoms with Crippen molar-refractivity contribution in [3.8, 4) is 22.6 Å². The van der Waals surface area contributed by atoms with E-state index < -0.39 is 0 Å². The van der Waals surface area contributed by atoms with Gasteiger partial charge in [0, 0.05) is 5.56 Å². The molecular formula is C15H10ClN2. The van der Waals surface area contributed by atoms with Crippen LogP contribution in [0.2, 0.25) is 5.02 Å². The van der Waals surface area contributed by atoms with Gasteiger partial charge in [0.15, 0.2) is 0 Å². The van der Waals surface area contributed by atoms with Gasteiger partial charge in [0.25, 0.3) is 0 Å². The Labute approximate surface area is 110 Å². The molecule has 18 heavy (non-hydrogen) atoms. The van der Waals surface area contributed by atoms with Crippen LogP contribution in [0.4, 0.5) is 0 Å². The van der Waals surface area contributed by atoms with Gasteiger partial charge in [-0.15, -0.1) is 0 Å².